The first-order valence-corrected chi connectivity index (χ1v) is 12.6. The smallest absolute Gasteiger partial charge is 0.0733 e. The fourth-order valence-corrected chi connectivity index (χ4v) is 7.70. The van der Waals surface area contributed by atoms with Gasteiger partial charge in [-0.05, 0) is 103 Å². The van der Waals surface area contributed by atoms with Crippen molar-refractivity contribution in [3.8, 4) is 0 Å². The molecule has 0 spiro atoms. The molecular weight excluding hydrogens is 382 g/mol. The van der Waals surface area contributed by atoms with Gasteiger partial charge in [0.15, 0.2) is 0 Å². The fourth-order valence-electron chi connectivity index (χ4n) is 7.70. The van der Waals surface area contributed by atoms with Crippen molar-refractivity contribution in [3.63, 3.8) is 0 Å². The quantitative estimate of drug-likeness (QED) is 0.653. The number of ether oxygens (including phenoxy) is 1. The summed E-state index contributed by atoms with van der Waals surface area (Å²) in [6.45, 7) is 10.6. The maximum Gasteiger partial charge on any atom is 0.0733 e. The molecule has 8 atom stereocenters. The summed E-state index contributed by atoms with van der Waals surface area (Å²) in [6, 6.07) is 5.28. The summed E-state index contributed by atoms with van der Waals surface area (Å²) >= 11 is 0. The minimum atomic E-state index is -0.131. The lowest BCUT2D eigenvalue weighted by Crippen LogP contribution is -2.51. The maximum atomic E-state index is 10.2. The SMILES string of the molecule is CO[C@@H]1C[C@H](C)CN[C@H]1[C@@H](C)c1ccc2c(c1C)C[C@H]1[C@H]2CC=C2C[C@@H](O)CC[C@@]21C. The van der Waals surface area contributed by atoms with E-state index in [-0.39, 0.29) is 17.6 Å². The second-order valence-electron chi connectivity index (χ2n) is 11.4. The minimum Gasteiger partial charge on any atom is -0.393 e. The Hall–Kier alpha value is -1.16. The molecule has 0 amide bonds. The van der Waals surface area contributed by atoms with Gasteiger partial charge in [0.2, 0.25) is 0 Å². The molecule has 5 rings (SSSR count). The summed E-state index contributed by atoms with van der Waals surface area (Å²) in [5, 5.41) is 14.0. The van der Waals surface area contributed by atoms with Crippen molar-refractivity contribution < 1.29 is 9.84 Å². The molecule has 1 aromatic carbocycles. The van der Waals surface area contributed by atoms with E-state index >= 15 is 0 Å². The van der Waals surface area contributed by atoms with Gasteiger partial charge in [-0.2, -0.15) is 0 Å². The molecule has 0 bridgehead atoms. The largest absolute Gasteiger partial charge is 0.393 e. The van der Waals surface area contributed by atoms with Crippen molar-refractivity contribution >= 4 is 0 Å². The summed E-state index contributed by atoms with van der Waals surface area (Å²) in [5.41, 5.74) is 8.06. The van der Waals surface area contributed by atoms with E-state index in [2.05, 4.69) is 51.2 Å². The number of aliphatic hydroxyl groups excluding tert-OH is 1. The monoisotopic (exact) mass is 423 g/mol. The lowest BCUT2D eigenvalue weighted by molar-refractivity contribution is 0.0227. The molecule has 31 heavy (non-hydrogen) atoms. The Morgan fingerprint density at radius 2 is 2.06 bits per heavy atom. The second kappa shape index (κ2) is 8.01. The van der Waals surface area contributed by atoms with Crippen molar-refractivity contribution in [1.82, 2.24) is 5.32 Å². The molecule has 1 aliphatic heterocycles. The zero-order chi connectivity index (χ0) is 21.9. The van der Waals surface area contributed by atoms with Crippen LogP contribution < -0.4 is 5.32 Å². The van der Waals surface area contributed by atoms with Crippen LogP contribution in [0.25, 0.3) is 0 Å². The van der Waals surface area contributed by atoms with Gasteiger partial charge in [-0.3, -0.25) is 0 Å². The summed E-state index contributed by atoms with van der Waals surface area (Å²) < 4.78 is 5.92. The van der Waals surface area contributed by atoms with Crippen LogP contribution in [0.4, 0.5) is 0 Å². The van der Waals surface area contributed by atoms with Crippen LogP contribution in [-0.2, 0) is 11.2 Å². The molecule has 1 aromatic rings. The highest BCUT2D eigenvalue weighted by Crippen LogP contribution is 2.60. The van der Waals surface area contributed by atoms with Crippen LogP contribution in [0.2, 0.25) is 0 Å². The summed E-state index contributed by atoms with van der Waals surface area (Å²) in [7, 11) is 1.87. The van der Waals surface area contributed by atoms with Crippen molar-refractivity contribution in [2.24, 2.45) is 17.3 Å². The van der Waals surface area contributed by atoms with Crippen molar-refractivity contribution in [3.05, 3.63) is 46.0 Å². The van der Waals surface area contributed by atoms with Gasteiger partial charge in [0.1, 0.15) is 0 Å². The van der Waals surface area contributed by atoms with Crippen LogP contribution in [0.3, 0.4) is 0 Å². The number of piperidine rings is 1. The molecule has 170 valence electrons. The molecule has 2 N–H and O–H groups in total. The highest BCUT2D eigenvalue weighted by atomic mass is 16.5. The predicted molar refractivity (Wildman–Crippen MR) is 127 cm³/mol. The standard InChI is InChI=1S/C28H41NO2/c1-16-12-26(31-5)27(29-15-16)18(3)21-8-9-22-23-7-6-19-13-20(30)10-11-28(19,4)25(23)14-24(22)17(21)2/h6,8-9,16,18,20,23,25-27,29-30H,7,10-15H2,1-5H3/t16-,18-,20-,23-,25-,26+,27-,28-/m0/s1. The Kier molecular flexibility index (Phi) is 5.60. The molecule has 1 saturated carbocycles. The average Bonchev–Trinajstić information content (AvgIpc) is 3.15. The van der Waals surface area contributed by atoms with E-state index in [1.807, 2.05) is 7.11 Å². The Morgan fingerprint density at radius 1 is 1.26 bits per heavy atom. The first kappa shape index (κ1) is 21.7. The molecule has 1 saturated heterocycles. The van der Waals surface area contributed by atoms with Crippen LogP contribution in [0.1, 0.15) is 87.0 Å². The van der Waals surface area contributed by atoms with Gasteiger partial charge in [0, 0.05) is 13.2 Å². The van der Waals surface area contributed by atoms with Gasteiger partial charge in [-0.25, -0.2) is 0 Å². The third-order valence-corrected chi connectivity index (χ3v) is 9.68. The molecule has 3 heteroatoms. The zero-order valence-electron chi connectivity index (χ0n) is 20.1. The number of allylic oxidation sites excluding steroid dienone is 1. The minimum absolute atomic E-state index is 0.131. The lowest BCUT2D eigenvalue weighted by Gasteiger charge is -2.48. The Morgan fingerprint density at radius 3 is 2.84 bits per heavy atom. The van der Waals surface area contributed by atoms with Gasteiger partial charge in [0.25, 0.3) is 0 Å². The highest BCUT2D eigenvalue weighted by molar-refractivity contribution is 5.50. The molecule has 3 nitrogen and oxygen atoms in total. The van der Waals surface area contributed by atoms with Gasteiger partial charge in [0.05, 0.1) is 12.2 Å². The first-order chi connectivity index (χ1) is 14.8. The fraction of sp³-hybridized carbons (Fsp3) is 0.714. The number of fused-ring (bicyclic) bond motifs is 5. The molecule has 0 unspecified atom stereocenters. The van der Waals surface area contributed by atoms with Crippen LogP contribution in [-0.4, -0.2) is 37.0 Å². The number of nitrogens with one attached hydrogen (secondary N) is 1. The van der Waals surface area contributed by atoms with Crippen molar-refractivity contribution in [1.29, 1.82) is 0 Å². The Labute approximate surface area is 188 Å². The molecule has 1 heterocycles. The number of methoxy groups -OCH3 is 1. The normalized spacial score (nSPS) is 40.5. The number of hydrogen-bond donors (Lipinski definition) is 2. The predicted octanol–water partition coefficient (Wildman–Crippen LogP) is 5.25. The van der Waals surface area contributed by atoms with E-state index in [1.165, 1.54) is 23.1 Å². The van der Waals surface area contributed by atoms with Crippen LogP contribution in [0.15, 0.2) is 23.8 Å². The van der Waals surface area contributed by atoms with Gasteiger partial charge < -0.3 is 15.2 Å². The van der Waals surface area contributed by atoms with Crippen LogP contribution >= 0.6 is 0 Å². The number of aliphatic hydroxyl groups is 1. The third kappa shape index (κ3) is 3.43. The maximum absolute atomic E-state index is 10.2. The Balaban J connectivity index is 1.44. The van der Waals surface area contributed by atoms with E-state index in [4.69, 9.17) is 4.74 Å². The number of rotatable bonds is 3. The summed E-state index contributed by atoms with van der Waals surface area (Å²) in [5.74, 6) is 2.47. The van der Waals surface area contributed by atoms with Gasteiger partial charge in [-0.15, -0.1) is 0 Å². The van der Waals surface area contributed by atoms with E-state index in [0.29, 0.717) is 29.7 Å². The van der Waals surface area contributed by atoms with E-state index in [1.54, 1.807) is 11.1 Å². The molecule has 2 fully saturated rings. The summed E-state index contributed by atoms with van der Waals surface area (Å²) in [6.07, 6.45) is 9.13. The molecular formula is C28H41NO2. The van der Waals surface area contributed by atoms with E-state index in [9.17, 15) is 5.11 Å². The van der Waals surface area contributed by atoms with Crippen molar-refractivity contribution in [2.45, 2.75) is 96.3 Å². The molecule has 4 aliphatic rings. The van der Waals surface area contributed by atoms with Gasteiger partial charge >= 0.3 is 0 Å². The number of benzene rings is 1. The molecule has 3 aliphatic carbocycles. The molecule has 0 aromatic heterocycles. The third-order valence-electron chi connectivity index (χ3n) is 9.68. The Bertz CT molecular complexity index is 876. The highest BCUT2D eigenvalue weighted by Gasteiger charge is 2.50. The lowest BCUT2D eigenvalue weighted by atomic mass is 9.57. The second-order valence-corrected chi connectivity index (χ2v) is 11.4. The molecule has 0 radical (unpaired) electrons. The number of hydrogen-bond acceptors (Lipinski definition) is 3. The average molecular weight is 424 g/mol. The van der Waals surface area contributed by atoms with E-state index < -0.39 is 0 Å². The first-order valence-electron chi connectivity index (χ1n) is 12.6. The van der Waals surface area contributed by atoms with Crippen LogP contribution in [0.5, 0.6) is 0 Å². The topological polar surface area (TPSA) is 41.5 Å². The summed E-state index contributed by atoms with van der Waals surface area (Å²) in [4.78, 5) is 0. The van der Waals surface area contributed by atoms with E-state index in [0.717, 1.165) is 38.6 Å². The van der Waals surface area contributed by atoms with Crippen molar-refractivity contribution in [2.75, 3.05) is 13.7 Å². The van der Waals surface area contributed by atoms with Gasteiger partial charge in [-0.1, -0.05) is 44.6 Å². The van der Waals surface area contributed by atoms with Crippen LogP contribution in [0, 0.1) is 24.2 Å². The zero-order valence-corrected chi connectivity index (χ0v) is 20.1.